The molecule has 0 aliphatic rings. The lowest BCUT2D eigenvalue weighted by molar-refractivity contribution is -0.137. The largest absolute Gasteiger partial charge is 0.417 e. The first-order valence-electron chi connectivity index (χ1n) is 5.60. The third kappa shape index (κ3) is 3.30. The zero-order valence-corrected chi connectivity index (χ0v) is 11.1. The predicted molar refractivity (Wildman–Crippen MR) is 71.8 cm³/mol. The zero-order chi connectivity index (χ0) is 15.6. The molecule has 0 unspecified atom stereocenters. The molecule has 1 aromatic heterocycles. The second-order valence-corrected chi connectivity index (χ2v) is 4.45. The van der Waals surface area contributed by atoms with E-state index in [1.807, 2.05) is 0 Å². The summed E-state index contributed by atoms with van der Waals surface area (Å²) in [6.45, 7) is 0. The molecular formula is C13H8ClF4N3. The molecule has 0 saturated carbocycles. The Morgan fingerprint density at radius 3 is 2.57 bits per heavy atom. The summed E-state index contributed by atoms with van der Waals surface area (Å²) < 4.78 is 51.6. The van der Waals surface area contributed by atoms with E-state index in [1.54, 1.807) is 0 Å². The molecule has 2 aromatic rings. The van der Waals surface area contributed by atoms with Crippen molar-refractivity contribution in [3.05, 3.63) is 52.6 Å². The quantitative estimate of drug-likeness (QED) is 0.640. The Morgan fingerprint density at radius 1 is 1.24 bits per heavy atom. The van der Waals surface area contributed by atoms with Crippen LogP contribution in [0.3, 0.4) is 0 Å². The molecular weight excluding hydrogens is 310 g/mol. The lowest BCUT2D eigenvalue weighted by Crippen LogP contribution is -2.07. The van der Waals surface area contributed by atoms with Crippen LogP contribution >= 0.6 is 11.6 Å². The van der Waals surface area contributed by atoms with Gasteiger partial charge in [-0.15, -0.1) is 0 Å². The van der Waals surface area contributed by atoms with Crippen molar-refractivity contribution in [2.75, 3.05) is 5.32 Å². The molecule has 0 atom stereocenters. The molecule has 0 bridgehead atoms. The number of nitrogens with zero attached hydrogens (tertiary/aromatic N) is 1. The topological polar surface area (TPSA) is 48.8 Å². The maximum absolute atomic E-state index is 13.8. The Morgan fingerprint density at radius 2 is 1.95 bits per heavy atom. The Bertz CT molecular complexity index is 686. The number of alkyl halides is 3. The van der Waals surface area contributed by atoms with Crippen LogP contribution in [-0.4, -0.2) is 11.2 Å². The maximum atomic E-state index is 13.8. The molecule has 3 nitrogen and oxygen atoms in total. The van der Waals surface area contributed by atoms with E-state index in [0.717, 1.165) is 24.5 Å². The molecule has 2 rings (SSSR count). The molecule has 0 spiro atoms. The zero-order valence-electron chi connectivity index (χ0n) is 10.3. The normalized spacial score (nSPS) is 11.3. The third-order valence-electron chi connectivity index (χ3n) is 2.62. The number of aromatic nitrogens is 1. The molecule has 110 valence electrons. The van der Waals surface area contributed by atoms with Crippen molar-refractivity contribution >= 4 is 29.2 Å². The number of hydrogen-bond donors (Lipinski definition) is 2. The molecule has 8 heteroatoms. The second-order valence-electron chi connectivity index (χ2n) is 4.05. The minimum Gasteiger partial charge on any atom is -0.351 e. The molecule has 0 amide bonds. The van der Waals surface area contributed by atoms with E-state index in [0.29, 0.717) is 6.20 Å². The van der Waals surface area contributed by atoms with E-state index in [9.17, 15) is 17.6 Å². The van der Waals surface area contributed by atoms with Crippen molar-refractivity contribution in [2.24, 2.45) is 0 Å². The fourth-order valence-electron chi connectivity index (χ4n) is 1.64. The standard InChI is InChI=1S/C13H8ClF4N3/c14-10-1-2-11(15)12(9(10)4-19)21-8-3-7(5-20-6-8)13(16,17)18/h1-6,19,21H. The van der Waals surface area contributed by atoms with Crippen molar-refractivity contribution < 1.29 is 17.6 Å². The van der Waals surface area contributed by atoms with Crippen LogP contribution in [0.25, 0.3) is 0 Å². The van der Waals surface area contributed by atoms with Crippen LogP contribution in [-0.2, 0) is 6.18 Å². The smallest absolute Gasteiger partial charge is 0.351 e. The average Bonchev–Trinajstić information content (AvgIpc) is 2.43. The van der Waals surface area contributed by atoms with Gasteiger partial charge in [0.05, 0.1) is 28.2 Å². The maximum Gasteiger partial charge on any atom is 0.417 e. The Labute approximate surface area is 122 Å². The van der Waals surface area contributed by atoms with Gasteiger partial charge in [-0.05, 0) is 18.2 Å². The molecule has 21 heavy (non-hydrogen) atoms. The number of hydrogen-bond acceptors (Lipinski definition) is 3. The number of anilines is 2. The third-order valence-corrected chi connectivity index (χ3v) is 2.95. The molecule has 1 aromatic carbocycles. The van der Waals surface area contributed by atoms with E-state index < -0.39 is 17.6 Å². The first-order chi connectivity index (χ1) is 9.82. The summed E-state index contributed by atoms with van der Waals surface area (Å²) in [4.78, 5) is 3.46. The van der Waals surface area contributed by atoms with Gasteiger partial charge in [0.15, 0.2) is 0 Å². The van der Waals surface area contributed by atoms with Gasteiger partial charge in [-0.2, -0.15) is 13.2 Å². The lowest BCUT2D eigenvalue weighted by Gasteiger charge is -2.13. The first kappa shape index (κ1) is 15.2. The highest BCUT2D eigenvalue weighted by Gasteiger charge is 2.31. The minimum absolute atomic E-state index is 0.0362. The molecule has 0 aliphatic carbocycles. The SMILES string of the molecule is N=Cc1c(Cl)ccc(F)c1Nc1cncc(C(F)(F)F)c1. The van der Waals surface area contributed by atoms with Gasteiger partial charge in [0.2, 0.25) is 0 Å². The summed E-state index contributed by atoms with van der Waals surface area (Å²) in [5.41, 5.74) is -1.17. The van der Waals surface area contributed by atoms with Gasteiger partial charge in [-0.25, -0.2) is 4.39 Å². The van der Waals surface area contributed by atoms with Crippen LogP contribution in [0, 0.1) is 11.2 Å². The highest BCUT2D eigenvalue weighted by molar-refractivity contribution is 6.33. The predicted octanol–water partition coefficient (Wildman–Crippen LogP) is 4.63. The van der Waals surface area contributed by atoms with Crippen molar-refractivity contribution in [2.45, 2.75) is 6.18 Å². The molecule has 0 fully saturated rings. The van der Waals surface area contributed by atoms with Gasteiger partial charge in [-0.3, -0.25) is 4.98 Å². The fraction of sp³-hybridized carbons (Fsp3) is 0.0769. The van der Waals surface area contributed by atoms with Gasteiger partial charge in [0, 0.05) is 18.0 Å². The van der Waals surface area contributed by atoms with E-state index in [4.69, 9.17) is 17.0 Å². The van der Waals surface area contributed by atoms with Crippen LogP contribution in [0.1, 0.15) is 11.1 Å². The highest BCUT2D eigenvalue weighted by Crippen LogP contribution is 2.32. The van der Waals surface area contributed by atoms with Gasteiger partial charge in [-0.1, -0.05) is 11.6 Å². The summed E-state index contributed by atoms with van der Waals surface area (Å²) in [5, 5.41) is 9.79. The second kappa shape index (κ2) is 5.69. The fourth-order valence-corrected chi connectivity index (χ4v) is 1.86. The molecule has 2 N–H and O–H groups in total. The van der Waals surface area contributed by atoms with E-state index in [1.165, 1.54) is 6.07 Å². The number of pyridine rings is 1. The number of rotatable bonds is 3. The highest BCUT2D eigenvalue weighted by atomic mass is 35.5. The average molecular weight is 318 g/mol. The van der Waals surface area contributed by atoms with Crippen LogP contribution in [0.15, 0.2) is 30.6 Å². The van der Waals surface area contributed by atoms with Crippen LogP contribution in [0.5, 0.6) is 0 Å². The summed E-state index contributed by atoms with van der Waals surface area (Å²) in [6, 6.07) is 3.10. The van der Waals surface area contributed by atoms with Gasteiger partial charge in [0.25, 0.3) is 0 Å². The van der Waals surface area contributed by atoms with Crippen molar-refractivity contribution in [3.63, 3.8) is 0 Å². The van der Waals surface area contributed by atoms with Gasteiger partial charge in [0.1, 0.15) is 5.82 Å². The number of halogens is 5. The van der Waals surface area contributed by atoms with Crippen molar-refractivity contribution in [1.82, 2.24) is 4.98 Å². The minimum atomic E-state index is -4.55. The summed E-state index contributed by atoms with van der Waals surface area (Å²) in [5.74, 6) is -0.740. The Hall–Kier alpha value is -2.15. The monoisotopic (exact) mass is 317 g/mol. The van der Waals surface area contributed by atoms with Crippen molar-refractivity contribution in [3.8, 4) is 0 Å². The first-order valence-corrected chi connectivity index (χ1v) is 5.98. The number of benzene rings is 1. The Balaban J connectivity index is 2.44. The van der Waals surface area contributed by atoms with Crippen LogP contribution < -0.4 is 5.32 Å². The van der Waals surface area contributed by atoms with Crippen LogP contribution in [0.4, 0.5) is 28.9 Å². The molecule has 0 radical (unpaired) electrons. The van der Waals surface area contributed by atoms with Gasteiger partial charge >= 0.3 is 6.18 Å². The van der Waals surface area contributed by atoms with Crippen LogP contribution in [0.2, 0.25) is 5.02 Å². The molecule has 0 aliphatic heterocycles. The van der Waals surface area contributed by atoms with E-state index >= 15 is 0 Å². The Kier molecular flexibility index (Phi) is 4.13. The summed E-state index contributed by atoms with van der Waals surface area (Å²) in [7, 11) is 0. The number of nitrogens with one attached hydrogen (secondary N) is 2. The van der Waals surface area contributed by atoms with E-state index in [2.05, 4.69) is 10.3 Å². The summed E-state index contributed by atoms with van der Waals surface area (Å²) >= 11 is 5.82. The lowest BCUT2D eigenvalue weighted by atomic mass is 10.1. The molecule has 1 heterocycles. The van der Waals surface area contributed by atoms with Crippen molar-refractivity contribution in [1.29, 1.82) is 5.41 Å². The molecule has 0 saturated heterocycles. The van der Waals surface area contributed by atoms with Gasteiger partial charge < -0.3 is 10.7 Å². The van der Waals surface area contributed by atoms with E-state index in [-0.39, 0.29) is 22.0 Å². The summed E-state index contributed by atoms with van der Waals surface area (Å²) in [6.07, 6.45) is -1.96.